The number of carbonyl (C=O) groups is 1. The van der Waals surface area contributed by atoms with Gasteiger partial charge in [0.1, 0.15) is 0 Å². The summed E-state index contributed by atoms with van der Waals surface area (Å²) in [7, 11) is 0. The van der Waals surface area contributed by atoms with Gasteiger partial charge in [-0.1, -0.05) is 36.3 Å². The van der Waals surface area contributed by atoms with Crippen molar-refractivity contribution >= 4 is 5.78 Å². The molecule has 0 aliphatic heterocycles. The topological polar surface area (TPSA) is 17.1 Å². The van der Waals surface area contributed by atoms with E-state index < -0.39 is 0 Å². The maximum absolute atomic E-state index is 11.0. The van der Waals surface area contributed by atoms with Gasteiger partial charge in [-0.3, -0.25) is 4.79 Å². The molecule has 0 aliphatic rings. The van der Waals surface area contributed by atoms with Crippen LogP contribution in [-0.2, 0) is 11.2 Å². The van der Waals surface area contributed by atoms with Crippen molar-refractivity contribution in [2.75, 3.05) is 0 Å². The van der Waals surface area contributed by atoms with Crippen molar-refractivity contribution in [1.29, 1.82) is 0 Å². The Balaban J connectivity index is 2.63. The van der Waals surface area contributed by atoms with Crippen LogP contribution in [0.15, 0.2) is 30.3 Å². The quantitative estimate of drug-likeness (QED) is 0.474. The van der Waals surface area contributed by atoms with E-state index in [1.54, 1.807) is 6.92 Å². The molecular weight excluding hydrogens is 148 g/mol. The summed E-state index contributed by atoms with van der Waals surface area (Å²) in [6.07, 6.45) is 0.418. The zero-order valence-electron chi connectivity index (χ0n) is 7.00. The van der Waals surface area contributed by atoms with Crippen molar-refractivity contribution in [2.45, 2.75) is 13.3 Å². The van der Waals surface area contributed by atoms with E-state index in [4.69, 9.17) is 0 Å². The predicted molar refractivity (Wildman–Crippen MR) is 48.6 cm³/mol. The zero-order valence-corrected chi connectivity index (χ0v) is 7.00. The highest BCUT2D eigenvalue weighted by Crippen LogP contribution is 1.99. The standard InChI is InChI=1S/C11H10O/c1-2-6-11(12)9-10-7-4-3-5-8-10/h3-5,7-8H,9H2,1H3. The molecule has 1 heteroatoms. The first-order chi connectivity index (χ1) is 5.83. The highest BCUT2D eigenvalue weighted by Gasteiger charge is 1.97. The molecule has 1 rings (SSSR count). The molecule has 0 spiro atoms. The molecule has 0 amide bonds. The molecule has 0 heterocycles. The number of rotatable bonds is 2. The molecule has 0 atom stereocenters. The summed E-state index contributed by atoms with van der Waals surface area (Å²) >= 11 is 0. The average molecular weight is 158 g/mol. The Hall–Kier alpha value is -1.55. The molecular formula is C11H10O. The SMILES string of the molecule is CC#CC(=O)Cc1ccccc1. The van der Waals surface area contributed by atoms with Crippen molar-refractivity contribution < 1.29 is 4.79 Å². The van der Waals surface area contributed by atoms with Crippen LogP contribution in [0, 0.1) is 11.8 Å². The predicted octanol–water partition coefficient (Wildman–Crippen LogP) is 1.82. The fourth-order valence-corrected chi connectivity index (χ4v) is 0.965. The Bertz CT molecular complexity index is 314. The normalized spacial score (nSPS) is 8.42. The van der Waals surface area contributed by atoms with E-state index in [-0.39, 0.29) is 5.78 Å². The molecule has 0 saturated carbocycles. The lowest BCUT2D eigenvalue weighted by molar-refractivity contribution is -0.113. The first-order valence-electron chi connectivity index (χ1n) is 3.82. The van der Waals surface area contributed by atoms with Crippen LogP contribution in [0.2, 0.25) is 0 Å². The molecule has 60 valence electrons. The summed E-state index contributed by atoms with van der Waals surface area (Å²) in [4.78, 5) is 11.0. The second-order valence-electron chi connectivity index (χ2n) is 2.46. The molecule has 0 saturated heterocycles. The second-order valence-corrected chi connectivity index (χ2v) is 2.46. The minimum absolute atomic E-state index is 0.0244. The maximum atomic E-state index is 11.0. The van der Waals surface area contributed by atoms with E-state index in [1.807, 2.05) is 30.3 Å². The van der Waals surface area contributed by atoms with Crippen LogP contribution in [0.4, 0.5) is 0 Å². The highest BCUT2D eigenvalue weighted by molar-refractivity contribution is 5.96. The van der Waals surface area contributed by atoms with E-state index >= 15 is 0 Å². The highest BCUT2D eigenvalue weighted by atomic mass is 16.1. The van der Waals surface area contributed by atoms with Crippen molar-refractivity contribution in [2.24, 2.45) is 0 Å². The van der Waals surface area contributed by atoms with Gasteiger partial charge < -0.3 is 0 Å². The monoisotopic (exact) mass is 158 g/mol. The molecule has 1 aromatic carbocycles. The zero-order chi connectivity index (χ0) is 8.81. The van der Waals surface area contributed by atoms with Crippen LogP contribution in [-0.4, -0.2) is 5.78 Å². The third-order valence-electron chi connectivity index (χ3n) is 1.47. The van der Waals surface area contributed by atoms with E-state index in [9.17, 15) is 4.79 Å². The summed E-state index contributed by atoms with van der Waals surface area (Å²) in [6, 6.07) is 9.62. The Labute approximate surface area is 72.4 Å². The van der Waals surface area contributed by atoms with Gasteiger partial charge in [0, 0.05) is 6.42 Å². The number of Topliss-reactive ketones (excluding diaryl/α,β-unsaturated/α-hetero) is 1. The van der Waals surface area contributed by atoms with E-state index in [0.717, 1.165) is 5.56 Å². The molecule has 0 radical (unpaired) electrons. The fraction of sp³-hybridized carbons (Fsp3) is 0.182. The van der Waals surface area contributed by atoms with Crippen LogP contribution in [0.25, 0.3) is 0 Å². The molecule has 0 fully saturated rings. The summed E-state index contributed by atoms with van der Waals surface area (Å²) in [5.74, 6) is 5.07. The lowest BCUT2D eigenvalue weighted by atomic mass is 10.1. The molecule has 0 aromatic heterocycles. The summed E-state index contributed by atoms with van der Waals surface area (Å²) in [6.45, 7) is 1.67. The summed E-state index contributed by atoms with van der Waals surface area (Å²) in [5, 5.41) is 0. The Morgan fingerprint density at radius 2 is 2.00 bits per heavy atom. The molecule has 0 bridgehead atoms. The van der Waals surface area contributed by atoms with Crippen molar-refractivity contribution in [1.82, 2.24) is 0 Å². The van der Waals surface area contributed by atoms with Crippen LogP contribution in [0.5, 0.6) is 0 Å². The summed E-state index contributed by atoms with van der Waals surface area (Å²) in [5.41, 5.74) is 1.02. The van der Waals surface area contributed by atoms with Crippen molar-refractivity contribution in [3.05, 3.63) is 35.9 Å². The Morgan fingerprint density at radius 1 is 1.33 bits per heavy atom. The molecule has 0 N–H and O–H groups in total. The Kier molecular flexibility index (Phi) is 3.10. The third kappa shape index (κ3) is 2.59. The summed E-state index contributed by atoms with van der Waals surface area (Å²) < 4.78 is 0. The Morgan fingerprint density at radius 3 is 2.58 bits per heavy atom. The molecule has 0 unspecified atom stereocenters. The van der Waals surface area contributed by atoms with E-state index in [0.29, 0.717) is 6.42 Å². The lowest BCUT2D eigenvalue weighted by Crippen LogP contribution is -1.98. The van der Waals surface area contributed by atoms with Crippen molar-refractivity contribution in [3.63, 3.8) is 0 Å². The van der Waals surface area contributed by atoms with E-state index in [2.05, 4.69) is 11.8 Å². The third-order valence-corrected chi connectivity index (χ3v) is 1.47. The van der Waals surface area contributed by atoms with Gasteiger partial charge >= 0.3 is 0 Å². The number of carbonyl (C=O) groups excluding carboxylic acids is 1. The lowest BCUT2D eigenvalue weighted by Gasteiger charge is -1.93. The van der Waals surface area contributed by atoms with Gasteiger partial charge in [0.2, 0.25) is 5.78 Å². The van der Waals surface area contributed by atoms with Gasteiger partial charge in [-0.2, -0.15) is 0 Å². The van der Waals surface area contributed by atoms with Crippen LogP contribution in [0.1, 0.15) is 12.5 Å². The number of hydrogen-bond acceptors (Lipinski definition) is 1. The van der Waals surface area contributed by atoms with Gasteiger partial charge in [-0.05, 0) is 18.4 Å². The molecule has 12 heavy (non-hydrogen) atoms. The van der Waals surface area contributed by atoms with Crippen LogP contribution in [0.3, 0.4) is 0 Å². The van der Waals surface area contributed by atoms with Gasteiger partial charge in [0.25, 0.3) is 0 Å². The van der Waals surface area contributed by atoms with Crippen LogP contribution >= 0.6 is 0 Å². The first kappa shape index (κ1) is 8.55. The van der Waals surface area contributed by atoms with Gasteiger partial charge in [-0.25, -0.2) is 0 Å². The molecule has 0 aliphatic carbocycles. The molecule has 1 nitrogen and oxygen atoms in total. The average Bonchev–Trinajstić information content (AvgIpc) is 2.06. The smallest absolute Gasteiger partial charge is 0.209 e. The number of hydrogen-bond donors (Lipinski definition) is 0. The minimum Gasteiger partial charge on any atom is -0.285 e. The van der Waals surface area contributed by atoms with Crippen molar-refractivity contribution in [3.8, 4) is 11.8 Å². The second kappa shape index (κ2) is 4.35. The van der Waals surface area contributed by atoms with Crippen LogP contribution < -0.4 is 0 Å². The molecule has 1 aromatic rings. The fourth-order valence-electron chi connectivity index (χ4n) is 0.965. The maximum Gasteiger partial charge on any atom is 0.209 e. The van der Waals surface area contributed by atoms with Gasteiger partial charge in [0.05, 0.1) is 0 Å². The van der Waals surface area contributed by atoms with E-state index in [1.165, 1.54) is 0 Å². The number of ketones is 1. The first-order valence-corrected chi connectivity index (χ1v) is 3.82. The van der Waals surface area contributed by atoms with Gasteiger partial charge in [0.15, 0.2) is 0 Å². The minimum atomic E-state index is -0.0244. The number of benzene rings is 1. The largest absolute Gasteiger partial charge is 0.285 e. The van der Waals surface area contributed by atoms with Gasteiger partial charge in [-0.15, -0.1) is 0 Å².